The van der Waals surface area contributed by atoms with Crippen LogP contribution in [0.1, 0.15) is 45.0 Å². The summed E-state index contributed by atoms with van der Waals surface area (Å²) in [6, 6.07) is 4.45. The Kier molecular flexibility index (Phi) is 9.58. The van der Waals surface area contributed by atoms with Crippen molar-refractivity contribution in [2.24, 2.45) is 0 Å². The van der Waals surface area contributed by atoms with Crippen molar-refractivity contribution in [1.29, 1.82) is 0 Å². The molecule has 5 atom stereocenters. The second kappa shape index (κ2) is 12.2. The fourth-order valence-corrected chi connectivity index (χ4v) is 3.43. The number of carbonyl (C=O) groups excluding carboxylic acids is 5. The summed E-state index contributed by atoms with van der Waals surface area (Å²) < 4.78 is 38.1. The monoisotopic (exact) mass is 496 g/mol. The normalized spacial score (nSPS) is 23.4. The first-order valence-corrected chi connectivity index (χ1v) is 10.6. The SMILES string of the molecule is COc1ccc(C(C)=O)c(O[C@@H]2OC(COC(C)=O)[C@H](OC(C)=O)[C@@H](OC(C)=O)[C@@H]2OC(C)=O)c1. The van der Waals surface area contributed by atoms with Crippen LogP contribution in [0.2, 0.25) is 0 Å². The standard InChI is InChI=1S/C23H28O12/c1-11(24)17-8-7-16(29-6)9-18(17)34-23-22(33-15(5)28)21(32-14(4)27)20(31-13(3)26)19(35-23)10-30-12(2)25/h7-9,19-23H,10H2,1-6H3/t19?,20-,21+,22-,23+/m0/s1. The maximum atomic E-state index is 12.2. The molecule has 1 aliphatic rings. The van der Waals surface area contributed by atoms with E-state index in [0.717, 1.165) is 27.7 Å². The van der Waals surface area contributed by atoms with Crippen LogP contribution in [-0.4, -0.2) is 74.1 Å². The molecule has 2 rings (SSSR count). The van der Waals surface area contributed by atoms with E-state index in [1.165, 1.54) is 26.2 Å². The minimum atomic E-state index is -1.47. The summed E-state index contributed by atoms with van der Waals surface area (Å²) in [5.74, 6) is -2.91. The molecule has 0 aliphatic carbocycles. The molecule has 35 heavy (non-hydrogen) atoms. The van der Waals surface area contributed by atoms with Crippen LogP contribution in [0.4, 0.5) is 0 Å². The zero-order valence-corrected chi connectivity index (χ0v) is 20.2. The number of hydrogen-bond donors (Lipinski definition) is 0. The molecule has 0 radical (unpaired) electrons. The highest BCUT2D eigenvalue weighted by Gasteiger charge is 2.53. The molecule has 0 bridgehead atoms. The van der Waals surface area contributed by atoms with E-state index in [-0.39, 0.29) is 17.1 Å². The van der Waals surface area contributed by atoms with Crippen molar-refractivity contribution in [3.8, 4) is 11.5 Å². The van der Waals surface area contributed by atoms with Crippen molar-refractivity contribution in [1.82, 2.24) is 0 Å². The highest BCUT2D eigenvalue weighted by molar-refractivity contribution is 5.97. The van der Waals surface area contributed by atoms with E-state index in [0.29, 0.717) is 5.75 Å². The number of esters is 4. The fraction of sp³-hybridized carbons (Fsp3) is 0.522. The van der Waals surface area contributed by atoms with Gasteiger partial charge in [-0.25, -0.2) is 0 Å². The van der Waals surface area contributed by atoms with Crippen LogP contribution < -0.4 is 9.47 Å². The molecule has 192 valence electrons. The number of hydrogen-bond acceptors (Lipinski definition) is 12. The Morgan fingerprint density at radius 2 is 1.37 bits per heavy atom. The Labute approximate surface area is 201 Å². The lowest BCUT2D eigenvalue weighted by atomic mass is 9.98. The Morgan fingerprint density at radius 3 is 1.89 bits per heavy atom. The summed E-state index contributed by atoms with van der Waals surface area (Å²) in [4.78, 5) is 59.2. The van der Waals surface area contributed by atoms with Gasteiger partial charge in [-0.2, -0.15) is 0 Å². The summed E-state index contributed by atoms with van der Waals surface area (Å²) in [5, 5.41) is 0. The molecule has 1 aliphatic heterocycles. The first-order chi connectivity index (χ1) is 16.4. The van der Waals surface area contributed by atoms with Crippen molar-refractivity contribution in [3.05, 3.63) is 23.8 Å². The minimum Gasteiger partial charge on any atom is -0.497 e. The van der Waals surface area contributed by atoms with Crippen LogP contribution in [0.15, 0.2) is 18.2 Å². The number of ketones is 1. The van der Waals surface area contributed by atoms with Gasteiger partial charge < -0.3 is 33.2 Å². The predicted octanol–water partition coefficient (Wildman–Crippen LogP) is 1.36. The highest BCUT2D eigenvalue weighted by atomic mass is 16.7. The van der Waals surface area contributed by atoms with E-state index in [1.807, 2.05) is 0 Å². The topological polar surface area (TPSA) is 150 Å². The molecule has 1 aromatic carbocycles. The molecule has 0 saturated carbocycles. The smallest absolute Gasteiger partial charge is 0.303 e. The largest absolute Gasteiger partial charge is 0.497 e. The Balaban J connectivity index is 2.57. The van der Waals surface area contributed by atoms with Gasteiger partial charge in [0.1, 0.15) is 24.2 Å². The van der Waals surface area contributed by atoms with Gasteiger partial charge in [-0.1, -0.05) is 0 Å². The van der Waals surface area contributed by atoms with E-state index in [9.17, 15) is 24.0 Å². The molecule has 1 heterocycles. The van der Waals surface area contributed by atoms with Crippen LogP contribution in [-0.2, 0) is 42.9 Å². The van der Waals surface area contributed by atoms with E-state index >= 15 is 0 Å². The average Bonchev–Trinajstić information content (AvgIpc) is 2.75. The van der Waals surface area contributed by atoms with Gasteiger partial charge in [0.05, 0.1) is 12.7 Å². The van der Waals surface area contributed by atoms with Crippen LogP contribution in [0, 0.1) is 0 Å². The van der Waals surface area contributed by atoms with Gasteiger partial charge in [-0.05, 0) is 19.1 Å². The second-order valence-corrected chi connectivity index (χ2v) is 7.60. The molecule has 1 fully saturated rings. The van der Waals surface area contributed by atoms with Gasteiger partial charge in [0.2, 0.25) is 12.4 Å². The maximum absolute atomic E-state index is 12.2. The lowest BCUT2D eigenvalue weighted by Crippen LogP contribution is -2.63. The molecule has 0 aromatic heterocycles. The lowest BCUT2D eigenvalue weighted by molar-refractivity contribution is -0.288. The minimum absolute atomic E-state index is 0.0257. The van der Waals surface area contributed by atoms with Gasteiger partial charge in [-0.15, -0.1) is 0 Å². The van der Waals surface area contributed by atoms with Gasteiger partial charge in [0.25, 0.3) is 0 Å². The average molecular weight is 496 g/mol. The predicted molar refractivity (Wildman–Crippen MR) is 116 cm³/mol. The van der Waals surface area contributed by atoms with Crippen molar-refractivity contribution in [2.45, 2.75) is 65.3 Å². The van der Waals surface area contributed by atoms with E-state index in [4.69, 9.17) is 33.2 Å². The number of rotatable bonds is 9. The van der Waals surface area contributed by atoms with Crippen molar-refractivity contribution < 1.29 is 57.1 Å². The third-order valence-electron chi connectivity index (χ3n) is 4.76. The summed E-state index contributed by atoms with van der Waals surface area (Å²) in [6.45, 7) is 5.42. The number of methoxy groups -OCH3 is 1. The molecular formula is C23H28O12. The first-order valence-electron chi connectivity index (χ1n) is 10.6. The van der Waals surface area contributed by atoms with Crippen LogP contribution in [0.3, 0.4) is 0 Å². The molecular weight excluding hydrogens is 468 g/mol. The summed E-state index contributed by atoms with van der Waals surface area (Å²) in [6.07, 6.45) is -6.81. The van der Waals surface area contributed by atoms with E-state index in [1.54, 1.807) is 6.07 Å². The molecule has 1 aromatic rings. The van der Waals surface area contributed by atoms with Crippen molar-refractivity contribution in [3.63, 3.8) is 0 Å². The van der Waals surface area contributed by atoms with Crippen molar-refractivity contribution >= 4 is 29.7 Å². The molecule has 0 amide bonds. The maximum Gasteiger partial charge on any atom is 0.303 e. The summed E-state index contributed by atoms with van der Waals surface area (Å²) >= 11 is 0. The molecule has 1 saturated heterocycles. The van der Waals surface area contributed by atoms with Gasteiger partial charge in [0.15, 0.2) is 18.0 Å². The quantitative estimate of drug-likeness (QED) is 0.276. The third-order valence-corrected chi connectivity index (χ3v) is 4.76. The van der Waals surface area contributed by atoms with E-state index in [2.05, 4.69) is 0 Å². The van der Waals surface area contributed by atoms with Gasteiger partial charge in [0, 0.05) is 33.8 Å². The van der Waals surface area contributed by atoms with Gasteiger partial charge in [-0.3, -0.25) is 24.0 Å². The zero-order valence-electron chi connectivity index (χ0n) is 20.2. The van der Waals surface area contributed by atoms with Crippen LogP contribution >= 0.6 is 0 Å². The number of carbonyl (C=O) groups is 5. The number of Topliss-reactive ketones (excluding diaryl/α,β-unsaturated/α-hetero) is 1. The summed E-state index contributed by atoms with van der Waals surface area (Å²) in [7, 11) is 1.42. The number of benzene rings is 1. The Bertz CT molecular complexity index is 971. The molecule has 0 spiro atoms. The first kappa shape index (κ1) is 27.6. The van der Waals surface area contributed by atoms with Gasteiger partial charge >= 0.3 is 23.9 Å². The third kappa shape index (κ3) is 7.67. The lowest BCUT2D eigenvalue weighted by Gasteiger charge is -2.44. The molecule has 12 heteroatoms. The van der Waals surface area contributed by atoms with Crippen LogP contribution in [0.5, 0.6) is 11.5 Å². The molecule has 12 nitrogen and oxygen atoms in total. The van der Waals surface area contributed by atoms with E-state index < -0.39 is 61.2 Å². The molecule has 1 unspecified atom stereocenters. The Hall–Kier alpha value is -3.67. The van der Waals surface area contributed by atoms with Crippen LogP contribution in [0.25, 0.3) is 0 Å². The zero-order chi connectivity index (χ0) is 26.3. The number of ether oxygens (including phenoxy) is 7. The second-order valence-electron chi connectivity index (χ2n) is 7.60. The molecule has 0 N–H and O–H groups in total. The van der Waals surface area contributed by atoms with Crippen molar-refractivity contribution in [2.75, 3.05) is 13.7 Å². The Morgan fingerprint density at radius 1 is 0.800 bits per heavy atom. The highest BCUT2D eigenvalue weighted by Crippen LogP contribution is 2.33. The summed E-state index contributed by atoms with van der Waals surface area (Å²) in [5.41, 5.74) is 0.165. The fourth-order valence-electron chi connectivity index (χ4n) is 3.43.